The van der Waals surface area contributed by atoms with Crippen LogP contribution in [0.4, 0.5) is 11.6 Å². The van der Waals surface area contributed by atoms with Crippen LogP contribution in [0, 0.1) is 17.0 Å². The minimum absolute atomic E-state index is 0.141. The van der Waals surface area contributed by atoms with Gasteiger partial charge in [0.15, 0.2) is 0 Å². The van der Waals surface area contributed by atoms with Crippen molar-refractivity contribution in [2.24, 2.45) is 0 Å². The minimum Gasteiger partial charge on any atom is -0.497 e. The van der Waals surface area contributed by atoms with Gasteiger partial charge < -0.3 is 4.74 Å². The van der Waals surface area contributed by atoms with E-state index in [2.05, 4.69) is 10.1 Å². The maximum atomic E-state index is 13.8. The molecule has 0 saturated heterocycles. The largest absolute Gasteiger partial charge is 0.497 e. The molecule has 2 heterocycles. The highest BCUT2D eigenvalue weighted by molar-refractivity contribution is 6.06. The lowest BCUT2D eigenvalue weighted by Gasteiger charge is -2.39. The summed E-state index contributed by atoms with van der Waals surface area (Å²) in [6.45, 7) is 2.01. The lowest BCUT2D eigenvalue weighted by molar-refractivity contribution is -0.384. The van der Waals surface area contributed by atoms with E-state index in [0.29, 0.717) is 12.4 Å². The van der Waals surface area contributed by atoms with Gasteiger partial charge in [-0.15, -0.1) is 0 Å². The Hall–Kier alpha value is -4.53. The number of nitro groups is 1. The van der Waals surface area contributed by atoms with Crippen molar-refractivity contribution in [3.05, 3.63) is 111 Å². The molecule has 176 valence electrons. The van der Waals surface area contributed by atoms with Gasteiger partial charge >= 0.3 is 0 Å². The van der Waals surface area contributed by atoms with Crippen LogP contribution < -0.4 is 9.64 Å². The van der Waals surface area contributed by atoms with Crippen LogP contribution in [0.1, 0.15) is 45.6 Å². The first kappa shape index (κ1) is 22.3. The molecule has 9 nitrogen and oxygen atoms in total. The number of aryl methyl sites for hydroxylation is 1. The van der Waals surface area contributed by atoms with E-state index in [9.17, 15) is 14.9 Å². The van der Waals surface area contributed by atoms with Crippen LogP contribution in [0.2, 0.25) is 0 Å². The number of ether oxygens (including phenoxy) is 1. The predicted molar refractivity (Wildman–Crippen MR) is 130 cm³/mol. The third kappa shape index (κ3) is 4.12. The fraction of sp³-hybridized carbons (Fsp3) is 0.192. The molecule has 0 aliphatic carbocycles. The Labute approximate surface area is 201 Å². The Kier molecular flexibility index (Phi) is 5.74. The molecule has 2 atom stereocenters. The third-order valence-corrected chi connectivity index (χ3v) is 6.31. The first-order valence-corrected chi connectivity index (χ1v) is 11.1. The van der Waals surface area contributed by atoms with Gasteiger partial charge in [-0.1, -0.05) is 48.0 Å². The van der Waals surface area contributed by atoms with Crippen molar-refractivity contribution in [3.8, 4) is 5.75 Å². The summed E-state index contributed by atoms with van der Waals surface area (Å²) in [7, 11) is 1.62. The van der Waals surface area contributed by atoms with Crippen molar-refractivity contribution >= 4 is 17.5 Å². The van der Waals surface area contributed by atoms with Crippen molar-refractivity contribution in [3.63, 3.8) is 0 Å². The Balaban J connectivity index is 1.63. The number of hydrogen-bond donors (Lipinski definition) is 0. The Morgan fingerprint density at radius 1 is 1.03 bits per heavy atom. The summed E-state index contributed by atoms with van der Waals surface area (Å²) in [6, 6.07) is 21.0. The Morgan fingerprint density at radius 2 is 1.71 bits per heavy atom. The number of benzene rings is 3. The molecule has 3 aromatic carbocycles. The summed E-state index contributed by atoms with van der Waals surface area (Å²) in [5, 5.41) is 15.8. The molecule has 1 aliphatic heterocycles. The first-order valence-electron chi connectivity index (χ1n) is 11.1. The SMILES string of the molecule is COc1ccc([C@@H]2C[C@@H](c3ccc(C)cc3)N(C(=O)c3cccc([N+](=O)[O-])c3)c3ncnn32)cc1. The molecule has 1 aromatic heterocycles. The lowest BCUT2D eigenvalue weighted by atomic mass is 9.91. The second-order valence-corrected chi connectivity index (χ2v) is 8.44. The van der Waals surface area contributed by atoms with Gasteiger partial charge in [-0.05, 0) is 42.7 Å². The van der Waals surface area contributed by atoms with Gasteiger partial charge in [0, 0.05) is 17.7 Å². The molecule has 0 spiro atoms. The molecule has 1 amide bonds. The second-order valence-electron chi connectivity index (χ2n) is 8.44. The average molecular weight is 470 g/mol. The van der Waals surface area contributed by atoms with E-state index in [1.807, 2.05) is 55.5 Å². The summed E-state index contributed by atoms with van der Waals surface area (Å²) in [5.41, 5.74) is 3.14. The summed E-state index contributed by atoms with van der Waals surface area (Å²) >= 11 is 0. The molecule has 0 unspecified atom stereocenters. The summed E-state index contributed by atoms with van der Waals surface area (Å²) in [6.07, 6.45) is 1.98. The van der Waals surface area contributed by atoms with Crippen LogP contribution in [-0.4, -0.2) is 32.7 Å². The predicted octanol–water partition coefficient (Wildman–Crippen LogP) is 4.88. The number of rotatable bonds is 5. The van der Waals surface area contributed by atoms with Crippen LogP contribution >= 0.6 is 0 Å². The van der Waals surface area contributed by atoms with E-state index in [4.69, 9.17) is 4.74 Å². The van der Waals surface area contributed by atoms with Gasteiger partial charge in [0.05, 0.1) is 24.1 Å². The number of amides is 1. The zero-order chi connectivity index (χ0) is 24.5. The third-order valence-electron chi connectivity index (χ3n) is 6.31. The molecule has 4 aromatic rings. The lowest BCUT2D eigenvalue weighted by Crippen LogP contribution is -2.42. The van der Waals surface area contributed by atoms with E-state index in [-0.39, 0.29) is 29.2 Å². The minimum atomic E-state index is -0.507. The van der Waals surface area contributed by atoms with E-state index >= 15 is 0 Å². The topological polar surface area (TPSA) is 103 Å². The molecule has 0 saturated carbocycles. The first-order chi connectivity index (χ1) is 17.0. The molecule has 1 aliphatic rings. The maximum absolute atomic E-state index is 13.8. The fourth-order valence-corrected chi connectivity index (χ4v) is 4.49. The summed E-state index contributed by atoms with van der Waals surface area (Å²) < 4.78 is 7.04. The fourth-order valence-electron chi connectivity index (χ4n) is 4.49. The number of carbonyl (C=O) groups excluding carboxylic acids is 1. The van der Waals surface area contributed by atoms with Gasteiger partial charge in [0.1, 0.15) is 12.1 Å². The standard InChI is InChI=1S/C26H23N5O4/c1-17-6-8-18(9-7-17)23-15-24(19-10-12-22(35-2)13-11-19)30-26(27-16-28-30)29(23)25(32)20-4-3-5-21(14-20)31(33)34/h3-14,16,23-24H,15H2,1-2H3/t23-,24-/m0/s1. The zero-order valence-electron chi connectivity index (χ0n) is 19.2. The zero-order valence-corrected chi connectivity index (χ0v) is 19.2. The molecule has 0 bridgehead atoms. The van der Waals surface area contributed by atoms with Crippen molar-refractivity contribution in [2.75, 3.05) is 12.0 Å². The second kappa shape index (κ2) is 9.02. The van der Waals surface area contributed by atoms with Gasteiger partial charge in [-0.25, -0.2) is 4.68 Å². The number of methoxy groups -OCH3 is 1. The number of anilines is 1. The highest BCUT2D eigenvalue weighted by Gasteiger charge is 2.40. The Bertz CT molecular complexity index is 1380. The smallest absolute Gasteiger partial charge is 0.270 e. The normalized spacial score (nSPS) is 17.0. The molecule has 5 rings (SSSR count). The van der Waals surface area contributed by atoms with E-state index in [1.54, 1.807) is 22.8 Å². The molecule has 0 radical (unpaired) electrons. The number of hydrogen-bond acceptors (Lipinski definition) is 6. The van der Waals surface area contributed by atoms with Gasteiger partial charge in [-0.2, -0.15) is 10.1 Å². The monoisotopic (exact) mass is 469 g/mol. The Morgan fingerprint density at radius 3 is 2.40 bits per heavy atom. The van der Waals surface area contributed by atoms with Gasteiger partial charge in [0.25, 0.3) is 11.6 Å². The highest BCUT2D eigenvalue weighted by Crippen LogP contribution is 2.42. The maximum Gasteiger partial charge on any atom is 0.270 e. The van der Waals surface area contributed by atoms with Crippen LogP contribution in [0.25, 0.3) is 0 Å². The van der Waals surface area contributed by atoms with Crippen LogP contribution in [0.15, 0.2) is 79.1 Å². The van der Waals surface area contributed by atoms with Crippen molar-refractivity contribution < 1.29 is 14.5 Å². The number of nitro benzene ring substituents is 1. The van der Waals surface area contributed by atoms with Crippen LogP contribution in [-0.2, 0) is 0 Å². The molecule has 0 fully saturated rings. The molecule has 9 heteroatoms. The molecule has 0 N–H and O–H groups in total. The van der Waals surface area contributed by atoms with Crippen LogP contribution in [0.3, 0.4) is 0 Å². The number of fused-ring (bicyclic) bond motifs is 1. The number of carbonyl (C=O) groups is 1. The van der Waals surface area contributed by atoms with E-state index in [0.717, 1.165) is 22.4 Å². The number of non-ortho nitro benzene ring substituents is 1. The van der Waals surface area contributed by atoms with Crippen molar-refractivity contribution in [1.82, 2.24) is 14.8 Å². The summed E-state index contributed by atoms with van der Waals surface area (Å²) in [5.74, 6) is 0.766. The van der Waals surface area contributed by atoms with Crippen molar-refractivity contribution in [2.45, 2.75) is 25.4 Å². The van der Waals surface area contributed by atoms with Crippen LogP contribution in [0.5, 0.6) is 5.75 Å². The summed E-state index contributed by atoms with van der Waals surface area (Å²) in [4.78, 5) is 30.7. The highest BCUT2D eigenvalue weighted by atomic mass is 16.6. The van der Waals surface area contributed by atoms with Gasteiger partial charge in [0.2, 0.25) is 5.95 Å². The number of aromatic nitrogens is 3. The van der Waals surface area contributed by atoms with Gasteiger partial charge in [-0.3, -0.25) is 19.8 Å². The van der Waals surface area contributed by atoms with E-state index in [1.165, 1.54) is 24.5 Å². The molecular formula is C26H23N5O4. The molecular weight excluding hydrogens is 446 g/mol. The van der Waals surface area contributed by atoms with E-state index < -0.39 is 4.92 Å². The average Bonchev–Trinajstić information content (AvgIpc) is 3.38. The molecule has 35 heavy (non-hydrogen) atoms. The quantitative estimate of drug-likeness (QED) is 0.305. The van der Waals surface area contributed by atoms with Crippen molar-refractivity contribution in [1.29, 1.82) is 0 Å². The number of nitrogens with zero attached hydrogens (tertiary/aromatic N) is 5.